The average molecular weight is 424 g/mol. The van der Waals surface area contributed by atoms with Crippen LogP contribution in [0.1, 0.15) is 73.1 Å². The number of fused-ring (bicyclic) bond motifs is 1. The van der Waals surface area contributed by atoms with Crippen molar-refractivity contribution in [1.29, 1.82) is 0 Å². The van der Waals surface area contributed by atoms with Crippen LogP contribution in [0.15, 0.2) is 0 Å². The lowest BCUT2D eigenvalue weighted by molar-refractivity contribution is -0.123. The summed E-state index contributed by atoms with van der Waals surface area (Å²) in [4.78, 5) is 15.1. The van der Waals surface area contributed by atoms with E-state index in [1.54, 1.807) is 0 Å². The Morgan fingerprint density at radius 3 is 2.53 bits per heavy atom. The van der Waals surface area contributed by atoms with Gasteiger partial charge in [0.2, 0.25) is 5.91 Å². The molecule has 0 bridgehead atoms. The Kier molecular flexibility index (Phi) is 7.54. The molecule has 6 heteroatoms. The molecule has 0 aromatic rings. The number of nitrogens with one attached hydrogen (secondary N) is 2. The van der Waals surface area contributed by atoms with Crippen molar-refractivity contribution >= 4 is 5.91 Å². The van der Waals surface area contributed by atoms with Gasteiger partial charge in [-0.25, -0.2) is 0 Å². The first-order valence-electron chi connectivity index (χ1n) is 12.1. The molecule has 0 spiro atoms. The molecule has 4 atom stereocenters. The molecule has 1 heterocycles. The van der Waals surface area contributed by atoms with Crippen LogP contribution in [0.4, 0.5) is 0 Å². The second-order valence-corrected chi connectivity index (χ2v) is 11.4. The molecule has 0 aromatic carbocycles. The zero-order chi connectivity index (χ0) is 22.0. The van der Waals surface area contributed by atoms with Crippen LogP contribution in [0.25, 0.3) is 0 Å². The summed E-state index contributed by atoms with van der Waals surface area (Å²) in [6, 6.07) is 0.834. The smallest absolute Gasteiger partial charge is 0.220 e. The number of aliphatic hydroxyl groups is 1. The topological polar surface area (TPSA) is 73.8 Å². The van der Waals surface area contributed by atoms with Gasteiger partial charge in [-0.2, -0.15) is 0 Å². The highest BCUT2D eigenvalue weighted by atomic mass is 16.5. The predicted molar refractivity (Wildman–Crippen MR) is 120 cm³/mol. The van der Waals surface area contributed by atoms with Crippen molar-refractivity contribution in [3.05, 3.63) is 0 Å². The molecule has 3 rings (SSSR count). The van der Waals surface area contributed by atoms with Crippen molar-refractivity contribution in [2.75, 3.05) is 39.4 Å². The zero-order valence-electron chi connectivity index (χ0n) is 19.9. The Morgan fingerprint density at radius 2 is 1.87 bits per heavy atom. The van der Waals surface area contributed by atoms with E-state index in [2.05, 4.69) is 43.2 Å². The third kappa shape index (κ3) is 5.56. The number of morpholine rings is 1. The fourth-order valence-electron chi connectivity index (χ4n) is 6.48. The second kappa shape index (κ2) is 9.43. The third-order valence-electron chi connectivity index (χ3n) is 8.04. The van der Waals surface area contributed by atoms with E-state index in [-0.39, 0.29) is 16.7 Å². The van der Waals surface area contributed by atoms with Gasteiger partial charge in [0, 0.05) is 44.7 Å². The molecule has 3 N–H and O–H groups in total. The molecule has 4 unspecified atom stereocenters. The molecule has 0 aromatic heterocycles. The Bertz CT molecular complexity index is 586. The van der Waals surface area contributed by atoms with E-state index in [1.165, 1.54) is 0 Å². The summed E-state index contributed by atoms with van der Waals surface area (Å²) in [5.41, 5.74) is -0.320. The van der Waals surface area contributed by atoms with Crippen LogP contribution in [-0.4, -0.2) is 73.0 Å². The fourth-order valence-corrected chi connectivity index (χ4v) is 6.48. The normalized spacial score (nSPS) is 36.6. The van der Waals surface area contributed by atoms with Gasteiger partial charge in [-0.1, -0.05) is 27.7 Å². The maximum Gasteiger partial charge on any atom is 0.220 e. The minimum Gasteiger partial charge on any atom is -0.390 e. The maximum absolute atomic E-state index is 12.7. The highest BCUT2D eigenvalue weighted by Crippen LogP contribution is 2.63. The SMILES string of the molecule is CC(C)NC1CC(C)(C)C2CC(C)(O)CCC12CCC(=O)NCCN1CCOCC1. The van der Waals surface area contributed by atoms with Crippen LogP contribution in [0, 0.1) is 16.7 Å². The summed E-state index contributed by atoms with van der Waals surface area (Å²) >= 11 is 0. The highest BCUT2D eigenvalue weighted by molar-refractivity contribution is 5.75. The lowest BCUT2D eigenvalue weighted by Crippen LogP contribution is -2.52. The molecule has 2 aliphatic carbocycles. The van der Waals surface area contributed by atoms with Crippen LogP contribution >= 0.6 is 0 Å². The van der Waals surface area contributed by atoms with Crippen molar-refractivity contribution in [1.82, 2.24) is 15.5 Å². The Hall–Kier alpha value is -0.690. The molecular formula is C24H45N3O3. The summed E-state index contributed by atoms with van der Waals surface area (Å²) in [5.74, 6) is 0.605. The van der Waals surface area contributed by atoms with E-state index in [4.69, 9.17) is 4.74 Å². The first kappa shape index (κ1) is 24.0. The minimum atomic E-state index is -0.585. The Morgan fingerprint density at radius 1 is 1.17 bits per heavy atom. The molecule has 1 amide bonds. The molecule has 1 saturated heterocycles. The van der Waals surface area contributed by atoms with Crippen molar-refractivity contribution < 1.29 is 14.6 Å². The van der Waals surface area contributed by atoms with Crippen molar-refractivity contribution in [2.45, 2.75) is 90.8 Å². The van der Waals surface area contributed by atoms with Gasteiger partial charge in [0.15, 0.2) is 0 Å². The Balaban J connectivity index is 1.61. The number of carbonyl (C=O) groups excluding carboxylic acids is 1. The zero-order valence-corrected chi connectivity index (χ0v) is 19.9. The van der Waals surface area contributed by atoms with E-state index >= 15 is 0 Å². The third-order valence-corrected chi connectivity index (χ3v) is 8.04. The molecule has 2 saturated carbocycles. The van der Waals surface area contributed by atoms with E-state index in [1.807, 2.05) is 6.92 Å². The van der Waals surface area contributed by atoms with Crippen LogP contribution in [0.3, 0.4) is 0 Å². The molecule has 6 nitrogen and oxygen atoms in total. The van der Waals surface area contributed by atoms with Crippen LogP contribution in [0.5, 0.6) is 0 Å². The summed E-state index contributed by atoms with van der Waals surface area (Å²) in [7, 11) is 0. The van der Waals surface area contributed by atoms with Gasteiger partial charge < -0.3 is 20.5 Å². The van der Waals surface area contributed by atoms with E-state index < -0.39 is 5.60 Å². The fraction of sp³-hybridized carbons (Fsp3) is 0.958. The summed E-state index contributed by atoms with van der Waals surface area (Å²) in [6.07, 6.45) is 5.27. The lowest BCUT2D eigenvalue weighted by atomic mass is 9.57. The predicted octanol–water partition coefficient (Wildman–Crippen LogP) is 2.55. The number of ether oxygens (including phenoxy) is 1. The second-order valence-electron chi connectivity index (χ2n) is 11.4. The van der Waals surface area contributed by atoms with Gasteiger partial charge in [0.05, 0.1) is 18.8 Å². The minimum absolute atomic E-state index is 0.0948. The number of hydrogen-bond donors (Lipinski definition) is 3. The van der Waals surface area contributed by atoms with Crippen LogP contribution in [0.2, 0.25) is 0 Å². The van der Waals surface area contributed by atoms with Crippen molar-refractivity contribution in [3.8, 4) is 0 Å². The molecule has 30 heavy (non-hydrogen) atoms. The summed E-state index contributed by atoms with van der Waals surface area (Å²) in [5, 5.41) is 17.8. The van der Waals surface area contributed by atoms with Gasteiger partial charge >= 0.3 is 0 Å². The van der Waals surface area contributed by atoms with Gasteiger partial charge in [-0.05, 0) is 55.8 Å². The first-order chi connectivity index (χ1) is 14.0. The molecule has 1 aliphatic heterocycles. The van der Waals surface area contributed by atoms with E-state index in [9.17, 15) is 9.90 Å². The number of rotatable bonds is 8. The van der Waals surface area contributed by atoms with Gasteiger partial charge in [-0.3, -0.25) is 9.69 Å². The van der Waals surface area contributed by atoms with Crippen LogP contribution < -0.4 is 10.6 Å². The number of hydrogen-bond acceptors (Lipinski definition) is 5. The molecule has 3 aliphatic rings. The number of carbonyl (C=O) groups is 1. The summed E-state index contributed by atoms with van der Waals surface area (Å²) in [6.45, 7) is 16.3. The first-order valence-corrected chi connectivity index (χ1v) is 12.1. The van der Waals surface area contributed by atoms with Gasteiger partial charge in [0.1, 0.15) is 0 Å². The van der Waals surface area contributed by atoms with Gasteiger partial charge in [0.25, 0.3) is 0 Å². The van der Waals surface area contributed by atoms with Gasteiger partial charge in [-0.15, -0.1) is 0 Å². The van der Waals surface area contributed by atoms with Crippen LogP contribution in [-0.2, 0) is 9.53 Å². The lowest BCUT2D eigenvalue weighted by Gasteiger charge is -2.51. The molecule has 174 valence electrons. The highest BCUT2D eigenvalue weighted by Gasteiger charge is 2.61. The average Bonchev–Trinajstić information content (AvgIpc) is 2.86. The monoisotopic (exact) mass is 423 g/mol. The molecular weight excluding hydrogens is 378 g/mol. The van der Waals surface area contributed by atoms with Crippen molar-refractivity contribution in [2.24, 2.45) is 16.7 Å². The number of amides is 1. The molecule has 0 radical (unpaired) electrons. The van der Waals surface area contributed by atoms with E-state index in [0.717, 1.165) is 65.0 Å². The quantitative estimate of drug-likeness (QED) is 0.560. The van der Waals surface area contributed by atoms with E-state index in [0.29, 0.717) is 31.0 Å². The number of nitrogens with zero attached hydrogens (tertiary/aromatic N) is 1. The molecule has 3 fully saturated rings. The largest absolute Gasteiger partial charge is 0.390 e. The maximum atomic E-state index is 12.7. The summed E-state index contributed by atoms with van der Waals surface area (Å²) < 4.78 is 5.39. The standard InChI is InChI=1S/C24H45N3O3/c1-18(2)26-20-17-22(3,4)19-16-23(5,29)8-9-24(19,20)7-6-21(28)25-10-11-27-12-14-30-15-13-27/h18-20,26,29H,6-17H2,1-5H3,(H,25,28). The Labute approximate surface area is 183 Å². The van der Waals surface area contributed by atoms with Crippen molar-refractivity contribution in [3.63, 3.8) is 0 Å².